The standard InChI is InChI=1S/C14H16O2/c1-3-13(10-7-11-16-12(2)15)14-8-5-4-6-9-14/h3-6,8-10H,1,7,11H2,2H3/b13-10+. The van der Waals surface area contributed by atoms with Crippen molar-refractivity contribution in [2.75, 3.05) is 6.61 Å². The molecule has 0 aliphatic carbocycles. The molecule has 0 bridgehead atoms. The van der Waals surface area contributed by atoms with Crippen LogP contribution >= 0.6 is 0 Å². The lowest BCUT2D eigenvalue weighted by molar-refractivity contribution is -0.140. The topological polar surface area (TPSA) is 26.3 Å². The van der Waals surface area contributed by atoms with E-state index in [4.69, 9.17) is 4.74 Å². The first-order valence-corrected chi connectivity index (χ1v) is 5.25. The second-order valence-corrected chi connectivity index (χ2v) is 3.36. The zero-order valence-corrected chi connectivity index (χ0v) is 9.48. The highest BCUT2D eigenvalue weighted by Crippen LogP contribution is 2.15. The van der Waals surface area contributed by atoms with Crippen LogP contribution in [0, 0.1) is 0 Å². The smallest absolute Gasteiger partial charge is 0.302 e. The van der Waals surface area contributed by atoms with Gasteiger partial charge < -0.3 is 4.74 Å². The van der Waals surface area contributed by atoms with E-state index in [0.717, 1.165) is 11.1 Å². The third-order valence-electron chi connectivity index (χ3n) is 2.11. The Balaban J connectivity index is 2.58. The summed E-state index contributed by atoms with van der Waals surface area (Å²) in [5, 5.41) is 0. The molecule has 0 saturated heterocycles. The van der Waals surface area contributed by atoms with Crippen molar-refractivity contribution < 1.29 is 9.53 Å². The van der Waals surface area contributed by atoms with Crippen molar-refractivity contribution in [3.8, 4) is 0 Å². The Hall–Kier alpha value is -1.83. The lowest BCUT2D eigenvalue weighted by Gasteiger charge is -2.02. The first-order valence-electron chi connectivity index (χ1n) is 5.25. The highest BCUT2D eigenvalue weighted by Gasteiger charge is 1.96. The Kier molecular flexibility index (Phi) is 5.06. The van der Waals surface area contributed by atoms with Gasteiger partial charge in [0.05, 0.1) is 6.61 Å². The molecule has 0 aromatic heterocycles. The van der Waals surface area contributed by atoms with Gasteiger partial charge in [-0.05, 0) is 11.1 Å². The fraction of sp³-hybridized carbons (Fsp3) is 0.214. The SMILES string of the molecule is C=C/C(=C\CCOC(C)=O)c1ccccc1. The van der Waals surface area contributed by atoms with Gasteiger partial charge >= 0.3 is 5.97 Å². The summed E-state index contributed by atoms with van der Waals surface area (Å²) in [6, 6.07) is 10.00. The van der Waals surface area contributed by atoms with Crippen molar-refractivity contribution in [2.24, 2.45) is 0 Å². The predicted molar refractivity (Wildman–Crippen MR) is 65.9 cm³/mol. The van der Waals surface area contributed by atoms with Gasteiger partial charge in [-0.1, -0.05) is 49.1 Å². The van der Waals surface area contributed by atoms with Crippen LogP contribution in [0.2, 0.25) is 0 Å². The van der Waals surface area contributed by atoms with Gasteiger partial charge in [0.2, 0.25) is 0 Å². The summed E-state index contributed by atoms with van der Waals surface area (Å²) in [5.41, 5.74) is 2.19. The molecular weight excluding hydrogens is 200 g/mol. The van der Waals surface area contributed by atoms with Crippen LogP contribution < -0.4 is 0 Å². The molecule has 0 saturated carbocycles. The van der Waals surface area contributed by atoms with Gasteiger partial charge in [-0.15, -0.1) is 0 Å². The van der Waals surface area contributed by atoms with Gasteiger partial charge in [-0.25, -0.2) is 0 Å². The second kappa shape index (κ2) is 6.62. The molecule has 0 spiro atoms. The minimum atomic E-state index is -0.242. The van der Waals surface area contributed by atoms with Crippen LogP contribution in [-0.4, -0.2) is 12.6 Å². The maximum Gasteiger partial charge on any atom is 0.302 e. The molecular formula is C14H16O2. The van der Waals surface area contributed by atoms with E-state index in [0.29, 0.717) is 13.0 Å². The highest BCUT2D eigenvalue weighted by molar-refractivity contribution is 5.73. The van der Waals surface area contributed by atoms with Crippen LogP contribution in [0.1, 0.15) is 18.9 Å². The van der Waals surface area contributed by atoms with Crippen LogP contribution in [0.5, 0.6) is 0 Å². The van der Waals surface area contributed by atoms with Gasteiger partial charge in [-0.2, -0.15) is 0 Å². The summed E-state index contributed by atoms with van der Waals surface area (Å²) >= 11 is 0. The molecule has 0 heterocycles. The summed E-state index contributed by atoms with van der Waals surface area (Å²) in [7, 11) is 0. The number of ether oxygens (including phenoxy) is 1. The van der Waals surface area contributed by atoms with E-state index in [9.17, 15) is 4.79 Å². The van der Waals surface area contributed by atoms with E-state index >= 15 is 0 Å². The zero-order valence-electron chi connectivity index (χ0n) is 9.48. The van der Waals surface area contributed by atoms with Gasteiger partial charge in [0.25, 0.3) is 0 Å². The van der Waals surface area contributed by atoms with Crippen LogP contribution in [0.25, 0.3) is 5.57 Å². The second-order valence-electron chi connectivity index (χ2n) is 3.36. The molecule has 1 aromatic rings. The fourth-order valence-electron chi connectivity index (χ4n) is 1.37. The van der Waals surface area contributed by atoms with Crippen molar-refractivity contribution in [2.45, 2.75) is 13.3 Å². The maximum absolute atomic E-state index is 10.6. The van der Waals surface area contributed by atoms with E-state index in [1.54, 1.807) is 0 Å². The lowest BCUT2D eigenvalue weighted by atomic mass is 10.1. The highest BCUT2D eigenvalue weighted by atomic mass is 16.5. The van der Waals surface area contributed by atoms with Gasteiger partial charge in [0.15, 0.2) is 0 Å². The third-order valence-corrected chi connectivity index (χ3v) is 2.11. The molecule has 84 valence electrons. The molecule has 0 aliphatic heterocycles. The number of allylic oxidation sites excluding steroid dienone is 2. The number of carbonyl (C=O) groups excluding carboxylic acids is 1. The monoisotopic (exact) mass is 216 g/mol. The third kappa shape index (κ3) is 4.13. The van der Waals surface area contributed by atoms with Crippen molar-refractivity contribution in [1.82, 2.24) is 0 Å². The minimum Gasteiger partial charge on any atom is -0.466 e. The number of rotatable bonds is 5. The van der Waals surface area contributed by atoms with Crippen LogP contribution in [0.4, 0.5) is 0 Å². The molecule has 0 fully saturated rings. The zero-order chi connectivity index (χ0) is 11.8. The molecule has 1 aromatic carbocycles. The molecule has 2 heteroatoms. The number of hydrogen-bond donors (Lipinski definition) is 0. The molecule has 0 atom stereocenters. The quantitative estimate of drug-likeness (QED) is 0.429. The van der Waals surface area contributed by atoms with Crippen molar-refractivity contribution in [3.05, 3.63) is 54.6 Å². The van der Waals surface area contributed by atoms with Gasteiger partial charge in [0.1, 0.15) is 0 Å². The largest absolute Gasteiger partial charge is 0.466 e. The summed E-state index contributed by atoms with van der Waals surface area (Å²) < 4.78 is 4.85. The molecule has 0 amide bonds. The molecule has 0 aliphatic rings. The normalized spacial score (nSPS) is 10.9. The Bertz CT molecular complexity index is 377. The van der Waals surface area contributed by atoms with E-state index in [2.05, 4.69) is 6.58 Å². The van der Waals surface area contributed by atoms with Gasteiger partial charge in [-0.3, -0.25) is 4.79 Å². The molecule has 16 heavy (non-hydrogen) atoms. The average Bonchev–Trinajstić information content (AvgIpc) is 2.30. The van der Waals surface area contributed by atoms with E-state index in [1.807, 2.05) is 42.5 Å². The summed E-state index contributed by atoms with van der Waals surface area (Å²) in [6.07, 6.45) is 4.53. The van der Waals surface area contributed by atoms with Gasteiger partial charge in [0, 0.05) is 13.3 Å². The van der Waals surface area contributed by atoms with Crippen molar-refractivity contribution >= 4 is 11.5 Å². The first-order chi connectivity index (χ1) is 7.74. The molecule has 1 rings (SSSR count). The Morgan fingerprint density at radius 3 is 2.62 bits per heavy atom. The van der Waals surface area contributed by atoms with E-state index in [-0.39, 0.29) is 5.97 Å². The van der Waals surface area contributed by atoms with Crippen molar-refractivity contribution in [1.29, 1.82) is 0 Å². The Morgan fingerprint density at radius 1 is 1.38 bits per heavy atom. The molecule has 0 N–H and O–H groups in total. The average molecular weight is 216 g/mol. The minimum absolute atomic E-state index is 0.242. The Labute approximate surface area is 96.2 Å². The summed E-state index contributed by atoms with van der Waals surface area (Å²) in [5.74, 6) is -0.242. The van der Waals surface area contributed by atoms with E-state index in [1.165, 1.54) is 6.92 Å². The van der Waals surface area contributed by atoms with Crippen LogP contribution in [-0.2, 0) is 9.53 Å². The van der Waals surface area contributed by atoms with E-state index < -0.39 is 0 Å². The Morgan fingerprint density at radius 2 is 2.06 bits per heavy atom. The first kappa shape index (κ1) is 12.2. The maximum atomic E-state index is 10.6. The number of carbonyl (C=O) groups is 1. The summed E-state index contributed by atoms with van der Waals surface area (Å²) in [6.45, 7) is 5.60. The fourth-order valence-corrected chi connectivity index (χ4v) is 1.37. The number of hydrogen-bond acceptors (Lipinski definition) is 2. The van der Waals surface area contributed by atoms with Crippen LogP contribution in [0.15, 0.2) is 49.1 Å². The molecule has 0 radical (unpaired) electrons. The molecule has 2 nitrogen and oxygen atoms in total. The number of esters is 1. The van der Waals surface area contributed by atoms with Crippen LogP contribution in [0.3, 0.4) is 0 Å². The summed E-state index contributed by atoms with van der Waals surface area (Å²) in [4.78, 5) is 10.6. The lowest BCUT2D eigenvalue weighted by Crippen LogP contribution is -1.99. The number of benzene rings is 1. The molecule has 0 unspecified atom stereocenters. The predicted octanol–water partition coefficient (Wildman–Crippen LogP) is 3.21. The van der Waals surface area contributed by atoms with Crippen molar-refractivity contribution in [3.63, 3.8) is 0 Å².